The summed E-state index contributed by atoms with van der Waals surface area (Å²) in [5, 5.41) is 0. The Morgan fingerprint density at radius 1 is 1.00 bits per heavy atom. The van der Waals surface area contributed by atoms with E-state index in [1.54, 1.807) is 13.0 Å². The van der Waals surface area contributed by atoms with Crippen LogP contribution in [0.15, 0.2) is 47.4 Å². The molecule has 1 atom stereocenters. The van der Waals surface area contributed by atoms with Crippen molar-refractivity contribution in [3.8, 4) is 0 Å². The fraction of sp³-hybridized carbons (Fsp3) is 0.364. The van der Waals surface area contributed by atoms with Crippen LogP contribution in [0.25, 0.3) is 0 Å². The zero-order valence-electron chi connectivity index (χ0n) is 16.9. The van der Waals surface area contributed by atoms with Crippen LogP contribution in [-0.2, 0) is 14.8 Å². The second-order valence-electron chi connectivity index (χ2n) is 7.36. The molecular weight excluding hydrogens is 409 g/mol. The minimum atomic E-state index is -3.72. The number of aryl methyl sites for hydroxylation is 1. The highest BCUT2D eigenvalue weighted by atomic mass is 32.2. The summed E-state index contributed by atoms with van der Waals surface area (Å²) in [4.78, 5) is 25.0. The van der Waals surface area contributed by atoms with E-state index in [0.29, 0.717) is 18.7 Å². The summed E-state index contributed by atoms with van der Waals surface area (Å²) in [6, 6.07) is 9.27. The van der Waals surface area contributed by atoms with Gasteiger partial charge in [-0.1, -0.05) is 12.5 Å². The lowest BCUT2D eigenvalue weighted by Gasteiger charge is -2.26. The van der Waals surface area contributed by atoms with Crippen molar-refractivity contribution in [1.82, 2.24) is 4.31 Å². The highest BCUT2D eigenvalue weighted by Gasteiger charge is 2.29. The molecule has 6 nitrogen and oxygen atoms in total. The molecule has 1 aliphatic rings. The molecule has 1 heterocycles. The number of carbonyl (C=O) groups excluding carboxylic acids is 2. The molecule has 0 spiro atoms. The Kier molecular flexibility index (Phi) is 6.67. The second kappa shape index (κ2) is 9.06. The van der Waals surface area contributed by atoms with Gasteiger partial charge in [-0.3, -0.25) is 4.79 Å². The van der Waals surface area contributed by atoms with E-state index in [1.165, 1.54) is 35.5 Å². The van der Waals surface area contributed by atoms with Crippen molar-refractivity contribution in [3.63, 3.8) is 0 Å². The minimum Gasteiger partial charge on any atom is -0.451 e. The zero-order valence-corrected chi connectivity index (χ0v) is 17.7. The van der Waals surface area contributed by atoms with E-state index in [0.717, 1.165) is 31.4 Å². The smallest absolute Gasteiger partial charge is 0.338 e. The molecule has 2 aromatic rings. The third-order valence-corrected chi connectivity index (χ3v) is 7.18. The van der Waals surface area contributed by atoms with E-state index in [-0.39, 0.29) is 16.0 Å². The van der Waals surface area contributed by atoms with Crippen LogP contribution in [0.2, 0.25) is 0 Å². The minimum absolute atomic E-state index is 0.0509. The van der Waals surface area contributed by atoms with E-state index >= 15 is 0 Å². The monoisotopic (exact) mass is 433 g/mol. The van der Waals surface area contributed by atoms with E-state index < -0.39 is 33.7 Å². The number of ketones is 1. The summed E-state index contributed by atoms with van der Waals surface area (Å²) in [7, 11) is -3.72. The fourth-order valence-corrected chi connectivity index (χ4v) is 5.15. The molecule has 2 aromatic carbocycles. The van der Waals surface area contributed by atoms with Gasteiger partial charge in [0.2, 0.25) is 15.8 Å². The van der Waals surface area contributed by atoms with Crippen LogP contribution in [0, 0.1) is 12.7 Å². The Hall–Kier alpha value is -2.58. The fourth-order valence-electron chi connectivity index (χ4n) is 3.38. The van der Waals surface area contributed by atoms with Crippen LogP contribution in [0.5, 0.6) is 0 Å². The first-order valence-electron chi connectivity index (χ1n) is 9.81. The third kappa shape index (κ3) is 4.76. The van der Waals surface area contributed by atoms with E-state index in [9.17, 15) is 22.4 Å². The predicted octanol–water partition coefficient (Wildman–Crippen LogP) is 3.74. The number of rotatable bonds is 6. The molecule has 3 rings (SSSR count). The van der Waals surface area contributed by atoms with Gasteiger partial charge in [0.15, 0.2) is 6.10 Å². The first-order valence-corrected chi connectivity index (χ1v) is 11.3. The Morgan fingerprint density at radius 2 is 1.60 bits per heavy atom. The Labute approximate surface area is 175 Å². The van der Waals surface area contributed by atoms with Crippen molar-refractivity contribution < 1.29 is 27.1 Å². The van der Waals surface area contributed by atoms with Gasteiger partial charge in [0.25, 0.3) is 0 Å². The van der Waals surface area contributed by atoms with Crippen molar-refractivity contribution in [2.75, 3.05) is 13.1 Å². The van der Waals surface area contributed by atoms with Gasteiger partial charge in [0.1, 0.15) is 5.82 Å². The molecule has 0 radical (unpaired) electrons. The Morgan fingerprint density at radius 3 is 2.23 bits per heavy atom. The molecule has 1 saturated heterocycles. The quantitative estimate of drug-likeness (QED) is 0.512. The Balaban J connectivity index is 1.78. The second-order valence-corrected chi connectivity index (χ2v) is 9.27. The van der Waals surface area contributed by atoms with Crippen molar-refractivity contribution in [1.29, 1.82) is 0 Å². The summed E-state index contributed by atoms with van der Waals surface area (Å²) >= 11 is 0. The number of esters is 1. The van der Waals surface area contributed by atoms with Crippen LogP contribution in [0.1, 0.15) is 52.5 Å². The number of halogens is 1. The molecule has 0 saturated carbocycles. The maximum absolute atomic E-state index is 13.0. The van der Waals surface area contributed by atoms with Crippen LogP contribution >= 0.6 is 0 Å². The molecule has 1 aliphatic heterocycles. The zero-order chi connectivity index (χ0) is 21.9. The third-order valence-electron chi connectivity index (χ3n) is 5.14. The standard InChI is InChI=1S/C22H24FNO5S/c1-15-6-7-18(14-20(15)30(27,28)24-12-4-3-5-13-24)22(26)29-16(2)21(25)17-8-10-19(23)11-9-17/h6-11,14,16H,3-5,12-13H2,1-2H3. The number of ether oxygens (including phenoxy) is 1. The van der Waals surface area contributed by atoms with Crippen LogP contribution in [0.4, 0.5) is 4.39 Å². The summed E-state index contributed by atoms with van der Waals surface area (Å²) < 4.78 is 45.7. The molecule has 1 fully saturated rings. The molecular formula is C22H24FNO5S. The molecule has 0 bridgehead atoms. The Bertz CT molecular complexity index is 1040. The number of hydrogen-bond acceptors (Lipinski definition) is 5. The molecule has 0 N–H and O–H groups in total. The van der Waals surface area contributed by atoms with Crippen molar-refractivity contribution in [2.45, 2.75) is 44.1 Å². The maximum atomic E-state index is 13.0. The summed E-state index contributed by atoms with van der Waals surface area (Å²) in [5.41, 5.74) is 0.802. The number of piperidine rings is 1. The van der Waals surface area contributed by atoms with Gasteiger partial charge in [-0.25, -0.2) is 17.6 Å². The highest BCUT2D eigenvalue weighted by molar-refractivity contribution is 7.89. The predicted molar refractivity (Wildman–Crippen MR) is 109 cm³/mol. The number of nitrogens with zero attached hydrogens (tertiary/aromatic N) is 1. The van der Waals surface area contributed by atoms with Gasteiger partial charge in [0.05, 0.1) is 10.5 Å². The molecule has 0 aliphatic carbocycles. The average molecular weight is 434 g/mol. The normalized spacial score (nSPS) is 16.1. The highest BCUT2D eigenvalue weighted by Crippen LogP contribution is 2.25. The first kappa shape index (κ1) is 22.1. The summed E-state index contributed by atoms with van der Waals surface area (Å²) in [6.45, 7) is 4.01. The lowest BCUT2D eigenvalue weighted by atomic mass is 10.1. The first-order chi connectivity index (χ1) is 14.2. The molecule has 0 aromatic heterocycles. The number of sulfonamides is 1. The van der Waals surface area contributed by atoms with Crippen molar-refractivity contribution in [3.05, 3.63) is 65.0 Å². The van der Waals surface area contributed by atoms with E-state index in [2.05, 4.69) is 0 Å². The van der Waals surface area contributed by atoms with Crippen molar-refractivity contribution in [2.24, 2.45) is 0 Å². The molecule has 1 unspecified atom stereocenters. The maximum Gasteiger partial charge on any atom is 0.338 e. The number of hydrogen-bond donors (Lipinski definition) is 0. The number of carbonyl (C=O) groups is 2. The number of benzene rings is 2. The van der Waals surface area contributed by atoms with Crippen LogP contribution in [0.3, 0.4) is 0 Å². The SMILES string of the molecule is Cc1ccc(C(=O)OC(C)C(=O)c2ccc(F)cc2)cc1S(=O)(=O)N1CCCCC1. The molecule has 30 heavy (non-hydrogen) atoms. The number of Topliss-reactive ketones (excluding diaryl/α,β-unsaturated/α-hetero) is 1. The van der Waals surface area contributed by atoms with Gasteiger partial charge in [-0.15, -0.1) is 0 Å². The largest absolute Gasteiger partial charge is 0.451 e. The van der Waals surface area contributed by atoms with Crippen LogP contribution in [-0.4, -0.2) is 43.7 Å². The molecule has 0 amide bonds. The van der Waals surface area contributed by atoms with Gasteiger partial charge >= 0.3 is 5.97 Å². The molecule has 160 valence electrons. The van der Waals surface area contributed by atoms with Gasteiger partial charge in [0, 0.05) is 18.7 Å². The lowest BCUT2D eigenvalue weighted by molar-refractivity contribution is 0.0318. The van der Waals surface area contributed by atoms with Gasteiger partial charge in [-0.05, 0) is 68.7 Å². The van der Waals surface area contributed by atoms with Crippen LogP contribution < -0.4 is 0 Å². The summed E-state index contributed by atoms with van der Waals surface area (Å²) in [6.07, 6.45) is 1.51. The van der Waals surface area contributed by atoms with Crippen molar-refractivity contribution >= 4 is 21.8 Å². The topological polar surface area (TPSA) is 80.8 Å². The summed E-state index contributed by atoms with van der Waals surface area (Å²) in [5.74, 6) is -1.75. The molecule has 8 heteroatoms. The lowest BCUT2D eigenvalue weighted by Crippen LogP contribution is -2.36. The van der Waals surface area contributed by atoms with E-state index in [1.807, 2.05) is 0 Å². The van der Waals surface area contributed by atoms with E-state index in [4.69, 9.17) is 4.74 Å². The van der Waals surface area contributed by atoms with Gasteiger partial charge in [-0.2, -0.15) is 4.31 Å². The average Bonchev–Trinajstić information content (AvgIpc) is 2.74. The van der Waals surface area contributed by atoms with Gasteiger partial charge < -0.3 is 4.74 Å².